The van der Waals surface area contributed by atoms with Crippen LogP contribution in [0.1, 0.15) is 72.8 Å². The van der Waals surface area contributed by atoms with Crippen molar-refractivity contribution in [2.45, 2.75) is 63.5 Å². The van der Waals surface area contributed by atoms with Crippen LogP contribution >= 0.6 is 0 Å². The molecule has 1 aromatic carbocycles. The zero-order chi connectivity index (χ0) is 21.9. The second-order valence-corrected chi connectivity index (χ2v) is 8.88. The summed E-state index contributed by atoms with van der Waals surface area (Å²) in [5.41, 5.74) is 2.82. The smallest absolute Gasteiger partial charge is 0.254 e. The molecule has 1 N–H and O–H groups in total. The molecule has 7 heteroatoms. The number of rotatable bonds is 6. The monoisotopic (exact) mass is 432 g/mol. The van der Waals surface area contributed by atoms with Gasteiger partial charge in [0.15, 0.2) is 11.5 Å². The molecule has 2 aliphatic rings. The molecular formula is C25H28N4O3. The van der Waals surface area contributed by atoms with Crippen molar-refractivity contribution in [3.8, 4) is 0 Å². The van der Waals surface area contributed by atoms with Crippen molar-refractivity contribution >= 4 is 22.9 Å². The minimum atomic E-state index is -0.102. The lowest BCUT2D eigenvalue weighted by Crippen LogP contribution is -2.41. The lowest BCUT2D eigenvalue weighted by molar-refractivity contribution is -0.119. The highest BCUT2D eigenvalue weighted by molar-refractivity contribution is 5.97. The van der Waals surface area contributed by atoms with E-state index in [1.807, 2.05) is 30.3 Å². The third kappa shape index (κ3) is 4.52. The molecule has 2 aromatic heterocycles. The van der Waals surface area contributed by atoms with Crippen LogP contribution in [0.2, 0.25) is 0 Å². The van der Waals surface area contributed by atoms with Gasteiger partial charge in [-0.1, -0.05) is 25.3 Å². The first-order chi connectivity index (χ1) is 15.7. The van der Waals surface area contributed by atoms with E-state index in [2.05, 4.69) is 10.3 Å². The molecule has 0 spiro atoms. The van der Waals surface area contributed by atoms with Gasteiger partial charge in [-0.15, -0.1) is 0 Å². The third-order valence-electron chi connectivity index (χ3n) is 6.50. The number of carbonyl (C=O) groups excluding carboxylic acids is 2. The number of amides is 2. The van der Waals surface area contributed by atoms with Gasteiger partial charge in [-0.3, -0.25) is 14.6 Å². The standard InChI is InChI=1S/C25H28N4O3/c30-23-12-10-20(27-23)16-29(15-19-8-4-5-13-26-19)25(31)18-9-11-21-22(14-18)32-24(28-21)17-6-2-1-3-7-17/h4-5,8-9,11,13-14,17,20H,1-3,6-7,10,12,15-16H2,(H,27,30)/t20-/m0/s1. The van der Waals surface area contributed by atoms with E-state index in [-0.39, 0.29) is 17.9 Å². The van der Waals surface area contributed by atoms with Crippen molar-refractivity contribution in [3.63, 3.8) is 0 Å². The first-order valence-electron chi connectivity index (χ1n) is 11.5. The van der Waals surface area contributed by atoms with Crippen LogP contribution in [0.25, 0.3) is 11.1 Å². The molecule has 7 nitrogen and oxygen atoms in total. The molecule has 1 saturated carbocycles. The predicted octanol–water partition coefficient (Wildman–Crippen LogP) is 4.19. The van der Waals surface area contributed by atoms with Crippen LogP contribution < -0.4 is 5.32 Å². The Morgan fingerprint density at radius 1 is 1.12 bits per heavy atom. The normalized spacial score (nSPS) is 19.2. The molecule has 166 valence electrons. The quantitative estimate of drug-likeness (QED) is 0.631. The molecular weight excluding hydrogens is 404 g/mol. The van der Waals surface area contributed by atoms with Gasteiger partial charge in [0.2, 0.25) is 5.91 Å². The first kappa shape index (κ1) is 20.7. The SMILES string of the molecule is O=C1CC[C@@H](CN(Cc2ccccn2)C(=O)c2ccc3nc(C4CCCCC4)oc3c2)N1. The van der Waals surface area contributed by atoms with Gasteiger partial charge in [-0.05, 0) is 49.6 Å². The van der Waals surface area contributed by atoms with Crippen molar-refractivity contribution in [1.29, 1.82) is 0 Å². The van der Waals surface area contributed by atoms with E-state index in [4.69, 9.17) is 9.40 Å². The maximum Gasteiger partial charge on any atom is 0.254 e. The lowest BCUT2D eigenvalue weighted by atomic mass is 9.89. The fraction of sp³-hybridized carbons (Fsp3) is 0.440. The van der Waals surface area contributed by atoms with E-state index in [1.165, 1.54) is 19.3 Å². The van der Waals surface area contributed by atoms with Gasteiger partial charge in [0.05, 0.1) is 12.2 Å². The van der Waals surface area contributed by atoms with E-state index in [0.29, 0.717) is 36.6 Å². The summed E-state index contributed by atoms with van der Waals surface area (Å²) in [4.78, 5) is 36.0. The Labute approximate surface area is 187 Å². The van der Waals surface area contributed by atoms with Crippen molar-refractivity contribution in [3.05, 3.63) is 59.7 Å². The second-order valence-electron chi connectivity index (χ2n) is 8.88. The molecule has 0 radical (unpaired) electrons. The third-order valence-corrected chi connectivity index (χ3v) is 6.50. The summed E-state index contributed by atoms with van der Waals surface area (Å²) >= 11 is 0. The van der Waals surface area contributed by atoms with E-state index >= 15 is 0 Å². The van der Waals surface area contributed by atoms with E-state index < -0.39 is 0 Å². The number of fused-ring (bicyclic) bond motifs is 1. The zero-order valence-electron chi connectivity index (χ0n) is 18.1. The maximum absolute atomic E-state index is 13.5. The molecule has 5 rings (SSSR count). The Kier molecular flexibility index (Phi) is 5.88. The average molecular weight is 433 g/mol. The van der Waals surface area contributed by atoms with Gasteiger partial charge >= 0.3 is 0 Å². The summed E-state index contributed by atoms with van der Waals surface area (Å²) in [6.07, 6.45) is 8.90. The van der Waals surface area contributed by atoms with Gasteiger partial charge < -0.3 is 14.6 Å². The molecule has 1 aliphatic heterocycles. The maximum atomic E-state index is 13.5. The summed E-state index contributed by atoms with van der Waals surface area (Å²) in [5.74, 6) is 1.11. The van der Waals surface area contributed by atoms with Crippen LogP contribution in [0, 0.1) is 0 Å². The van der Waals surface area contributed by atoms with Crippen LogP contribution in [0.4, 0.5) is 0 Å². The molecule has 2 fully saturated rings. The fourth-order valence-corrected chi connectivity index (χ4v) is 4.77. The highest BCUT2D eigenvalue weighted by Gasteiger charge is 2.27. The largest absolute Gasteiger partial charge is 0.440 e. The summed E-state index contributed by atoms with van der Waals surface area (Å²) in [7, 11) is 0. The summed E-state index contributed by atoms with van der Waals surface area (Å²) in [5, 5.41) is 2.96. The number of oxazole rings is 1. The Balaban J connectivity index is 1.39. The number of carbonyl (C=O) groups is 2. The van der Waals surface area contributed by atoms with E-state index in [9.17, 15) is 9.59 Å². The molecule has 3 aromatic rings. The molecule has 0 unspecified atom stereocenters. The van der Waals surface area contributed by atoms with Crippen LogP contribution in [-0.2, 0) is 11.3 Å². The highest BCUT2D eigenvalue weighted by Crippen LogP contribution is 2.34. The van der Waals surface area contributed by atoms with Crippen molar-refractivity contribution in [1.82, 2.24) is 20.2 Å². The van der Waals surface area contributed by atoms with Gasteiger partial charge in [0.25, 0.3) is 5.91 Å². The lowest BCUT2D eigenvalue weighted by Gasteiger charge is -2.25. The first-order valence-corrected chi connectivity index (χ1v) is 11.5. The molecule has 3 heterocycles. The van der Waals surface area contributed by atoms with Gasteiger partial charge in [-0.25, -0.2) is 4.98 Å². The Hall–Kier alpha value is -3.22. The molecule has 1 saturated heterocycles. The minimum Gasteiger partial charge on any atom is -0.440 e. The van der Waals surface area contributed by atoms with Crippen molar-refractivity contribution in [2.75, 3.05) is 6.54 Å². The molecule has 32 heavy (non-hydrogen) atoms. The van der Waals surface area contributed by atoms with Crippen LogP contribution in [0.15, 0.2) is 47.0 Å². The molecule has 1 aliphatic carbocycles. The van der Waals surface area contributed by atoms with Crippen molar-refractivity contribution in [2.24, 2.45) is 0 Å². The Bertz CT molecular complexity index is 1100. The van der Waals surface area contributed by atoms with Crippen LogP contribution in [0.5, 0.6) is 0 Å². The predicted molar refractivity (Wildman–Crippen MR) is 120 cm³/mol. The topological polar surface area (TPSA) is 88.3 Å². The molecule has 1 atom stereocenters. The molecule has 2 amide bonds. The number of aromatic nitrogens is 2. The highest BCUT2D eigenvalue weighted by atomic mass is 16.3. The van der Waals surface area contributed by atoms with Crippen LogP contribution in [-0.4, -0.2) is 39.3 Å². The zero-order valence-corrected chi connectivity index (χ0v) is 18.1. The minimum absolute atomic E-state index is 0.0397. The van der Waals surface area contributed by atoms with Gasteiger partial charge in [-0.2, -0.15) is 0 Å². The average Bonchev–Trinajstić information content (AvgIpc) is 3.44. The Morgan fingerprint density at radius 2 is 2.00 bits per heavy atom. The fourth-order valence-electron chi connectivity index (χ4n) is 4.77. The Morgan fingerprint density at radius 3 is 2.75 bits per heavy atom. The number of nitrogens with zero attached hydrogens (tertiary/aromatic N) is 3. The number of hydrogen-bond acceptors (Lipinski definition) is 5. The summed E-state index contributed by atoms with van der Waals surface area (Å²) in [6, 6.07) is 11.1. The van der Waals surface area contributed by atoms with E-state index in [0.717, 1.165) is 36.4 Å². The number of nitrogens with one attached hydrogen (secondary N) is 1. The van der Waals surface area contributed by atoms with Crippen molar-refractivity contribution < 1.29 is 14.0 Å². The number of pyridine rings is 1. The second kappa shape index (κ2) is 9.10. The molecule has 0 bridgehead atoms. The van der Waals surface area contributed by atoms with Crippen LogP contribution in [0.3, 0.4) is 0 Å². The summed E-state index contributed by atoms with van der Waals surface area (Å²) < 4.78 is 6.09. The number of benzene rings is 1. The number of hydrogen-bond donors (Lipinski definition) is 1. The van der Waals surface area contributed by atoms with Gasteiger partial charge in [0.1, 0.15) is 5.52 Å². The summed E-state index contributed by atoms with van der Waals surface area (Å²) in [6.45, 7) is 0.830. The van der Waals surface area contributed by atoms with E-state index in [1.54, 1.807) is 17.2 Å². The van der Waals surface area contributed by atoms with Gasteiger partial charge in [0, 0.05) is 36.7 Å².